The lowest BCUT2D eigenvalue weighted by molar-refractivity contribution is -0.107. The summed E-state index contributed by atoms with van der Waals surface area (Å²) in [5, 5.41) is -0.118. The molecule has 3 aromatic carbocycles. The van der Waals surface area contributed by atoms with Gasteiger partial charge in [0.25, 0.3) is 0 Å². The standard InChI is InChI=1S/C25H20O2S2/c1-4-24(26)28-21-11-6-18(7-12-21)20-10-15-23(17(3)16-20)19-8-13-22(14-9-19)29-25(27)5-2/h4-16H,1-2H2,3H3. The van der Waals surface area contributed by atoms with Gasteiger partial charge in [-0.25, -0.2) is 0 Å². The van der Waals surface area contributed by atoms with Gasteiger partial charge >= 0.3 is 0 Å². The molecular weight excluding hydrogens is 396 g/mol. The van der Waals surface area contributed by atoms with E-state index in [0.717, 1.165) is 32.0 Å². The summed E-state index contributed by atoms with van der Waals surface area (Å²) in [6.07, 6.45) is 2.65. The van der Waals surface area contributed by atoms with Gasteiger partial charge in [-0.1, -0.05) is 55.6 Å². The van der Waals surface area contributed by atoms with E-state index in [2.05, 4.69) is 38.3 Å². The van der Waals surface area contributed by atoms with Crippen molar-refractivity contribution in [3.05, 3.63) is 97.6 Å². The molecule has 0 fully saturated rings. The molecule has 0 aliphatic rings. The molecule has 0 saturated heterocycles. The van der Waals surface area contributed by atoms with Crippen LogP contribution >= 0.6 is 23.5 Å². The fourth-order valence-electron chi connectivity index (χ4n) is 2.90. The minimum atomic E-state index is -0.0591. The lowest BCUT2D eigenvalue weighted by Crippen LogP contribution is -1.88. The highest BCUT2D eigenvalue weighted by atomic mass is 32.2. The van der Waals surface area contributed by atoms with Crippen LogP contribution in [0.1, 0.15) is 5.56 Å². The van der Waals surface area contributed by atoms with Gasteiger partial charge < -0.3 is 0 Å². The van der Waals surface area contributed by atoms with E-state index < -0.39 is 0 Å². The van der Waals surface area contributed by atoms with Crippen LogP contribution in [0.15, 0.2) is 102 Å². The monoisotopic (exact) mass is 416 g/mol. The summed E-state index contributed by atoms with van der Waals surface area (Å²) < 4.78 is 0. The van der Waals surface area contributed by atoms with E-state index in [-0.39, 0.29) is 10.2 Å². The van der Waals surface area contributed by atoms with E-state index in [1.165, 1.54) is 41.2 Å². The molecule has 2 nitrogen and oxygen atoms in total. The van der Waals surface area contributed by atoms with Crippen LogP contribution in [0.5, 0.6) is 0 Å². The fraction of sp³-hybridized carbons (Fsp3) is 0.0400. The van der Waals surface area contributed by atoms with Gasteiger partial charge in [0.15, 0.2) is 0 Å². The average Bonchev–Trinajstić information content (AvgIpc) is 2.74. The number of benzene rings is 3. The summed E-state index contributed by atoms with van der Waals surface area (Å²) in [5.74, 6) is 0. The van der Waals surface area contributed by atoms with E-state index in [4.69, 9.17) is 0 Å². The maximum Gasteiger partial charge on any atom is 0.216 e. The average molecular weight is 417 g/mol. The zero-order chi connectivity index (χ0) is 20.8. The summed E-state index contributed by atoms with van der Waals surface area (Å²) in [7, 11) is 0. The number of carbonyl (C=O) groups excluding carboxylic acids is 2. The van der Waals surface area contributed by atoms with Gasteiger partial charge in [-0.05, 0) is 94.7 Å². The maximum absolute atomic E-state index is 11.5. The third-order valence-electron chi connectivity index (χ3n) is 4.35. The molecule has 4 heteroatoms. The topological polar surface area (TPSA) is 34.1 Å². The van der Waals surface area contributed by atoms with Crippen LogP contribution in [0.3, 0.4) is 0 Å². The SMILES string of the molecule is C=CC(=O)Sc1ccc(-c2ccc(-c3ccc(SC(=O)C=C)cc3)c(C)c2)cc1. The van der Waals surface area contributed by atoms with Crippen molar-refractivity contribution in [2.45, 2.75) is 16.7 Å². The molecular formula is C25H20O2S2. The summed E-state index contributed by atoms with van der Waals surface area (Å²) in [5.41, 5.74) is 5.67. The first kappa shape index (κ1) is 20.9. The van der Waals surface area contributed by atoms with Crippen molar-refractivity contribution in [2.75, 3.05) is 0 Å². The van der Waals surface area contributed by atoms with Crippen LogP contribution in [-0.2, 0) is 9.59 Å². The quantitative estimate of drug-likeness (QED) is 0.322. The third-order valence-corrected chi connectivity index (χ3v) is 6.10. The Labute approximate surface area is 179 Å². The first-order valence-electron chi connectivity index (χ1n) is 9.00. The van der Waals surface area contributed by atoms with Crippen LogP contribution in [0.25, 0.3) is 22.3 Å². The Morgan fingerprint density at radius 1 is 0.690 bits per heavy atom. The normalized spacial score (nSPS) is 10.4. The van der Waals surface area contributed by atoms with E-state index in [1.807, 2.05) is 48.5 Å². The Hall–Kier alpha value is -2.82. The molecule has 0 saturated carbocycles. The van der Waals surface area contributed by atoms with Crippen LogP contribution in [0, 0.1) is 6.92 Å². The highest BCUT2D eigenvalue weighted by Crippen LogP contribution is 2.31. The lowest BCUT2D eigenvalue weighted by atomic mass is 9.96. The van der Waals surface area contributed by atoms with Crippen molar-refractivity contribution in [1.29, 1.82) is 0 Å². The van der Waals surface area contributed by atoms with Gasteiger partial charge in [0.1, 0.15) is 0 Å². The molecule has 0 spiro atoms. The van der Waals surface area contributed by atoms with Gasteiger partial charge in [-0.2, -0.15) is 0 Å². The molecule has 0 heterocycles. The van der Waals surface area contributed by atoms with Gasteiger partial charge in [0, 0.05) is 9.79 Å². The third kappa shape index (κ3) is 5.37. The van der Waals surface area contributed by atoms with Crippen molar-refractivity contribution in [3.8, 4) is 22.3 Å². The van der Waals surface area contributed by atoms with Gasteiger partial charge in [-0.15, -0.1) is 0 Å². The van der Waals surface area contributed by atoms with Crippen molar-refractivity contribution in [3.63, 3.8) is 0 Å². The summed E-state index contributed by atoms with van der Waals surface area (Å²) >= 11 is 2.34. The number of thioether (sulfide) groups is 2. The second-order valence-electron chi connectivity index (χ2n) is 6.33. The van der Waals surface area contributed by atoms with E-state index in [0.29, 0.717) is 0 Å². The molecule has 0 bridgehead atoms. The van der Waals surface area contributed by atoms with Gasteiger partial charge in [-0.3, -0.25) is 9.59 Å². The second kappa shape index (κ2) is 9.59. The summed E-state index contributed by atoms with van der Waals surface area (Å²) in [6.45, 7) is 9.09. The Morgan fingerprint density at radius 2 is 1.14 bits per heavy atom. The number of hydrogen-bond acceptors (Lipinski definition) is 4. The highest BCUT2D eigenvalue weighted by Gasteiger charge is 2.07. The highest BCUT2D eigenvalue weighted by molar-refractivity contribution is 8.14. The molecule has 0 atom stereocenters. The minimum absolute atomic E-state index is 0.0587. The Kier molecular flexibility index (Phi) is 6.91. The molecule has 144 valence electrons. The Morgan fingerprint density at radius 3 is 1.59 bits per heavy atom. The number of carbonyl (C=O) groups is 2. The van der Waals surface area contributed by atoms with Gasteiger partial charge in [0.2, 0.25) is 10.2 Å². The zero-order valence-corrected chi connectivity index (χ0v) is 17.7. The van der Waals surface area contributed by atoms with Crippen molar-refractivity contribution in [1.82, 2.24) is 0 Å². The summed E-state index contributed by atoms with van der Waals surface area (Å²) in [6, 6.07) is 22.3. The first-order chi connectivity index (χ1) is 14.0. The Bertz CT molecular complexity index is 1060. The first-order valence-corrected chi connectivity index (χ1v) is 10.6. The minimum Gasteiger partial charge on any atom is -0.282 e. The smallest absolute Gasteiger partial charge is 0.216 e. The molecule has 3 rings (SSSR count). The molecule has 0 unspecified atom stereocenters. The molecule has 0 aliphatic heterocycles. The zero-order valence-electron chi connectivity index (χ0n) is 16.1. The van der Waals surface area contributed by atoms with E-state index in [9.17, 15) is 9.59 Å². The molecule has 29 heavy (non-hydrogen) atoms. The predicted octanol–water partition coefficient (Wildman–Crippen LogP) is 6.94. The van der Waals surface area contributed by atoms with Crippen LogP contribution in [0.4, 0.5) is 0 Å². The van der Waals surface area contributed by atoms with E-state index in [1.54, 1.807) is 0 Å². The lowest BCUT2D eigenvalue weighted by Gasteiger charge is -2.10. The number of rotatable bonds is 6. The Balaban J connectivity index is 1.79. The molecule has 0 amide bonds. The maximum atomic E-state index is 11.5. The van der Waals surface area contributed by atoms with Crippen molar-refractivity contribution < 1.29 is 9.59 Å². The molecule has 0 N–H and O–H groups in total. The largest absolute Gasteiger partial charge is 0.282 e. The number of aryl methyl sites for hydroxylation is 1. The molecule has 0 aliphatic carbocycles. The molecule has 0 radical (unpaired) electrons. The van der Waals surface area contributed by atoms with Crippen molar-refractivity contribution in [2.24, 2.45) is 0 Å². The number of hydrogen-bond donors (Lipinski definition) is 0. The summed E-state index contributed by atoms with van der Waals surface area (Å²) in [4.78, 5) is 24.7. The second-order valence-corrected chi connectivity index (χ2v) is 8.48. The fourth-order valence-corrected chi connectivity index (χ4v) is 4.08. The van der Waals surface area contributed by atoms with Crippen LogP contribution < -0.4 is 0 Å². The van der Waals surface area contributed by atoms with Crippen LogP contribution in [-0.4, -0.2) is 10.2 Å². The predicted molar refractivity (Wildman–Crippen MR) is 124 cm³/mol. The van der Waals surface area contributed by atoms with Crippen molar-refractivity contribution >= 4 is 33.8 Å². The molecule has 3 aromatic rings. The van der Waals surface area contributed by atoms with E-state index >= 15 is 0 Å². The van der Waals surface area contributed by atoms with Crippen LogP contribution in [0.2, 0.25) is 0 Å². The molecule has 0 aromatic heterocycles. The van der Waals surface area contributed by atoms with Gasteiger partial charge in [0.05, 0.1) is 0 Å².